The maximum absolute atomic E-state index is 13.6. The molecule has 0 saturated carbocycles. The molecule has 2 aromatic carbocycles. The van der Waals surface area contributed by atoms with Crippen molar-refractivity contribution in [3.63, 3.8) is 0 Å². The maximum Gasteiger partial charge on any atom is 0.313 e. The second kappa shape index (κ2) is 33.2. The van der Waals surface area contributed by atoms with E-state index in [2.05, 4.69) is 36.2 Å². The van der Waals surface area contributed by atoms with E-state index in [4.69, 9.17) is 68.8 Å². The Morgan fingerprint density at radius 2 is 1.43 bits per heavy atom. The van der Waals surface area contributed by atoms with E-state index in [0.717, 1.165) is 5.56 Å². The number of carbonyl (C=O) groups is 1. The molecule has 4 heterocycles. The zero-order valence-electron chi connectivity index (χ0n) is 41.0. The molecule has 1 aliphatic heterocycles. The lowest BCUT2D eigenvalue weighted by Crippen LogP contribution is -2.29. The molecule has 1 fully saturated rings. The van der Waals surface area contributed by atoms with Gasteiger partial charge in [-0.25, -0.2) is 22.5 Å². The average Bonchev–Trinajstić information content (AvgIpc) is 4.17. The van der Waals surface area contributed by atoms with Gasteiger partial charge in [0.15, 0.2) is 31.9 Å². The summed E-state index contributed by atoms with van der Waals surface area (Å²) >= 11 is 6.51. The van der Waals surface area contributed by atoms with Gasteiger partial charge in [0.05, 0.1) is 161 Å². The molecule has 23 nitrogen and oxygen atoms in total. The minimum atomic E-state index is -2.14. The van der Waals surface area contributed by atoms with Gasteiger partial charge in [-0.3, -0.25) is 4.79 Å². The number of nitriles is 1. The van der Waals surface area contributed by atoms with Crippen molar-refractivity contribution >= 4 is 42.8 Å². The number of anilines is 1. The highest BCUT2D eigenvalue weighted by atomic mass is 35.5. The third kappa shape index (κ3) is 21.1. The standard InChI is InChI=1S/C47H60ClF3N9O14P/c48-47-54-45(39-28-53-60(46(39)55-47)42-6-5-38(73-42)32-72-33-75(62)63)58(29-35-3-1-34(27-52)2-4-35)8-11-65-14-17-68-21-22-70-23-24-71-31-37-30-59(57-56-37)9-12-66-15-18-69-20-19-67-16-13-64-10-7-43(61)74-44-40(50)25-36(49)26-41(44)51/h1-4,25-26,28,30,38,42,62-63H,5-24,29,31-33H2. The Balaban J connectivity index is 0.754. The molecule has 0 bridgehead atoms. The van der Waals surface area contributed by atoms with Gasteiger partial charge in [0.2, 0.25) is 11.0 Å². The fourth-order valence-electron chi connectivity index (χ4n) is 7.15. The first-order valence-electron chi connectivity index (χ1n) is 24.0. The minimum Gasteiger partial charge on any atom is -0.420 e. The van der Waals surface area contributed by atoms with Crippen LogP contribution in [0.3, 0.4) is 0 Å². The molecule has 0 spiro atoms. The second-order valence-corrected chi connectivity index (χ2v) is 17.6. The number of carbonyl (C=O) groups excluding carboxylic acids is 1. The number of halogens is 4. The van der Waals surface area contributed by atoms with Crippen LogP contribution in [0.5, 0.6) is 5.75 Å². The van der Waals surface area contributed by atoms with E-state index < -0.39 is 43.8 Å². The second-order valence-electron chi connectivity index (χ2n) is 16.3. The van der Waals surface area contributed by atoms with Gasteiger partial charge < -0.3 is 66.8 Å². The van der Waals surface area contributed by atoms with Crippen molar-refractivity contribution in [3.8, 4) is 11.8 Å². The predicted molar refractivity (Wildman–Crippen MR) is 260 cm³/mol. The molecule has 6 rings (SSSR count). The van der Waals surface area contributed by atoms with Crippen LogP contribution in [-0.4, -0.2) is 175 Å². The molecule has 2 unspecified atom stereocenters. The first-order chi connectivity index (χ1) is 36.6. The van der Waals surface area contributed by atoms with Gasteiger partial charge in [0, 0.05) is 25.2 Å². The van der Waals surface area contributed by atoms with Gasteiger partial charge in [-0.05, 0) is 42.1 Å². The number of ether oxygens (including phenoxy) is 11. The van der Waals surface area contributed by atoms with Gasteiger partial charge in [0.25, 0.3) is 0 Å². The van der Waals surface area contributed by atoms with Crippen LogP contribution >= 0.6 is 20.0 Å². The van der Waals surface area contributed by atoms with Crippen LogP contribution < -0.4 is 9.64 Å². The fraction of sp³-hybridized carbons (Fsp3) is 0.553. The summed E-state index contributed by atoms with van der Waals surface area (Å²) in [5.41, 5.74) is 2.66. The maximum atomic E-state index is 13.6. The predicted octanol–water partition coefficient (Wildman–Crippen LogP) is 4.64. The lowest BCUT2D eigenvalue weighted by molar-refractivity contribution is -0.136. The summed E-state index contributed by atoms with van der Waals surface area (Å²) in [5.74, 6) is -5.07. The Kier molecular flexibility index (Phi) is 26.2. The van der Waals surface area contributed by atoms with Crippen molar-refractivity contribution in [3.05, 3.63) is 88.3 Å². The minimum absolute atomic E-state index is 0.0349. The summed E-state index contributed by atoms with van der Waals surface area (Å²) in [4.78, 5) is 41.2. The lowest BCUT2D eigenvalue weighted by atomic mass is 10.1. The molecule has 28 heteroatoms. The fourth-order valence-corrected chi connectivity index (χ4v) is 7.58. The van der Waals surface area contributed by atoms with Crippen LogP contribution in [0.15, 0.2) is 48.8 Å². The van der Waals surface area contributed by atoms with Crippen LogP contribution in [0, 0.1) is 28.8 Å². The number of nitrogens with zero attached hydrogens (tertiary/aromatic N) is 9. The Labute approximate surface area is 436 Å². The molecule has 0 amide bonds. The van der Waals surface area contributed by atoms with Crippen molar-refractivity contribution in [2.45, 2.75) is 51.3 Å². The van der Waals surface area contributed by atoms with Gasteiger partial charge in [0.1, 0.15) is 23.7 Å². The van der Waals surface area contributed by atoms with Gasteiger partial charge >= 0.3 is 5.97 Å². The molecule has 5 aromatic rings. The number of esters is 1. The SMILES string of the molecule is N#Cc1ccc(CN(CCOCCOCCOCCOCc2cn(CCOCCOCCOCCOCCC(=O)Oc3c(F)cc(F)cc3F)nn2)c2nc(Cl)nc3c2cnn3C2CCC(COCP(O)O)O2)cc1. The highest BCUT2D eigenvalue weighted by molar-refractivity contribution is 7.44. The monoisotopic (exact) mass is 1100 g/mol. The van der Waals surface area contributed by atoms with Crippen molar-refractivity contribution in [2.24, 2.45) is 0 Å². The summed E-state index contributed by atoms with van der Waals surface area (Å²) in [6.07, 6.45) is 3.73. The quantitative estimate of drug-likeness (QED) is 0.0179. The van der Waals surface area contributed by atoms with E-state index in [0.29, 0.717) is 152 Å². The summed E-state index contributed by atoms with van der Waals surface area (Å²) in [7, 11) is -2.14. The van der Waals surface area contributed by atoms with Gasteiger partial charge in [-0.15, -0.1) is 5.10 Å². The van der Waals surface area contributed by atoms with Crippen LogP contribution in [0.4, 0.5) is 19.0 Å². The average molecular weight is 1100 g/mol. The number of benzene rings is 2. The molecular weight excluding hydrogens is 1040 g/mol. The smallest absolute Gasteiger partial charge is 0.313 e. The molecule has 0 aliphatic carbocycles. The highest BCUT2D eigenvalue weighted by Crippen LogP contribution is 2.34. The zero-order chi connectivity index (χ0) is 53.0. The van der Waals surface area contributed by atoms with E-state index in [1.54, 1.807) is 33.9 Å². The molecule has 1 aliphatic rings. The molecular formula is C47H60ClF3N9O14P. The number of rotatable bonds is 38. The van der Waals surface area contributed by atoms with E-state index in [1.165, 1.54) is 0 Å². The van der Waals surface area contributed by atoms with E-state index in [1.807, 2.05) is 17.0 Å². The van der Waals surface area contributed by atoms with E-state index in [9.17, 15) is 23.2 Å². The van der Waals surface area contributed by atoms with Gasteiger partial charge in [-0.1, -0.05) is 17.3 Å². The Morgan fingerprint density at radius 1 is 0.813 bits per heavy atom. The largest absolute Gasteiger partial charge is 0.420 e. The van der Waals surface area contributed by atoms with Crippen molar-refractivity contribution in [1.82, 2.24) is 34.7 Å². The molecule has 3 aromatic heterocycles. The van der Waals surface area contributed by atoms with Gasteiger partial charge in [-0.2, -0.15) is 20.3 Å². The molecule has 1 saturated heterocycles. The van der Waals surface area contributed by atoms with Crippen molar-refractivity contribution in [2.75, 3.05) is 124 Å². The normalized spacial score (nSPS) is 14.6. The summed E-state index contributed by atoms with van der Waals surface area (Å²) in [6, 6.07) is 10.3. The van der Waals surface area contributed by atoms with E-state index in [-0.39, 0.29) is 57.2 Å². The molecule has 2 atom stereocenters. The van der Waals surface area contributed by atoms with Crippen LogP contribution in [-0.2, 0) is 71.9 Å². The Morgan fingerprint density at radius 3 is 2.07 bits per heavy atom. The molecule has 2 N–H and O–H groups in total. The molecule has 75 heavy (non-hydrogen) atoms. The summed E-state index contributed by atoms with van der Waals surface area (Å²) < 4.78 is 104. The Hall–Kier alpha value is -5.08. The summed E-state index contributed by atoms with van der Waals surface area (Å²) in [6.45, 7) is 6.54. The van der Waals surface area contributed by atoms with Crippen molar-refractivity contribution < 1.29 is 79.9 Å². The highest BCUT2D eigenvalue weighted by Gasteiger charge is 2.30. The number of hydrogen-bond donors (Lipinski definition) is 2. The third-order valence-corrected chi connectivity index (χ3v) is 11.3. The number of hydrogen-bond acceptors (Lipinski definition) is 21. The van der Waals surface area contributed by atoms with Crippen LogP contribution in [0.2, 0.25) is 5.28 Å². The van der Waals surface area contributed by atoms with Crippen LogP contribution in [0.1, 0.15) is 42.3 Å². The number of aromatic nitrogens is 7. The van der Waals surface area contributed by atoms with Crippen molar-refractivity contribution in [1.29, 1.82) is 5.26 Å². The third-order valence-electron chi connectivity index (χ3n) is 10.7. The van der Waals surface area contributed by atoms with E-state index >= 15 is 0 Å². The first kappa shape index (κ1) is 59.2. The molecule has 410 valence electrons. The topological polar surface area (TPSA) is 260 Å². The summed E-state index contributed by atoms with van der Waals surface area (Å²) in [5, 5.41) is 22.8. The first-order valence-corrected chi connectivity index (χ1v) is 25.8. The molecule has 0 radical (unpaired) electrons. The zero-order valence-corrected chi connectivity index (χ0v) is 42.7. The lowest BCUT2D eigenvalue weighted by Gasteiger charge is -2.25. The Bertz CT molecular complexity index is 2490. The number of fused-ring (bicyclic) bond motifs is 1. The van der Waals surface area contributed by atoms with Crippen LogP contribution in [0.25, 0.3) is 11.0 Å².